The zero-order valence-electron chi connectivity index (χ0n) is 7.84. The molecule has 1 atom stereocenters. The van der Waals surface area contributed by atoms with Crippen LogP contribution in [0.2, 0.25) is 0 Å². The van der Waals surface area contributed by atoms with E-state index >= 15 is 0 Å². The lowest BCUT2D eigenvalue weighted by Crippen LogP contribution is -2.08. The van der Waals surface area contributed by atoms with E-state index in [1.807, 2.05) is 0 Å². The Morgan fingerprint density at radius 3 is 2.60 bits per heavy atom. The first-order valence-corrected chi connectivity index (χ1v) is 4.13. The summed E-state index contributed by atoms with van der Waals surface area (Å²) >= 11 is 0. The molecule has 0 unspecified atom stereocenters. The van der Waals surface area contributed by atoms with Crippen LogP contribution in [0.3, 0.4) is 0 Å². The number of alkyl halides is 3. The Hall–Kier alpha value is -1.54. The molecule has 2 nitrogen and oxygen atoms in total. The zero-order chi connectivity index (χ0) is 11.5. The number of hydrogen-bond acceptors (Lipinski definition) is 2. The van der Waals surface area contributed by atoms with E-state index < -0.39 is 18.0 Å². The third kappa shape index (κ3) is 3.60. The van der Waals surface area contributed by atoms with Crippen LogP contribution in [0.15, 0.2) is 18.2 Å². The van der Waals surface area contributed by atoms with Gasteiger partial charge >= 0.3 is 6.18 Å². The van der Waals surface area contributed by atoms with Crippen LogP contribution in [0.1, 0.15) is 18.3 Å². The van der Waals surface area contributed by atoms with Gasteiger partial charge < -0.3 is 5.11 Å². The molecule has 0 radical (unpaired) electrons. The van der Waals surface area contributed by atoms with E-state index in [0.717, 1.165) is 6.07 Å². The average molecular weight is 215 g/mol. The van der Waals surface area contributed by atoms with Crippen molar-refractivity contribution in [2.24, 2.45) is 0 Å². The Morgan fingerprint density at radius 1 is 1.40 bits per heavy atom. The van der Waals surface area contributed by atoms with Crippen molar-refractivity contribution in [1.82, 2.24) is 4.98 Å². The number of aromatic nitrogens is 1. The maximum Gasteiger partial charge on any atom is 0.433 e. The molecular formula is C10H8F3NO. The Morgan fingerprint density at radius 2 is 2.07 bits per heavy atom. The molecule has 0 amide bonds. The third-order valence-electron chi connectivity index (χ3n) is 1.45. The number of aliphatic hydroxyl groups is 1. The third-order valence-corrected chi connectivity index (χ3v) is 1.45. The van der Waals surface area contributed by atoms with Gasteiger partial charge in [-0.2, -0.15) is 13.2 Å². The number of aliphatic hydroxyl groups excluding tert-OH is 1. The summed E-state index contributed by atoms with van der Waals surface area (Å²) in [5.74, 6) is 4.66. The Balaban J connectivity index is 3.00. The van der Waals surface area contributed by atoms with Gasteiger partial charge in [0, 0.05) is 0 Å². The van der Waals surface area contributed by atoms with Crippen molar-refractivity contribution < 1.29 is 18.3 Å². The topological polar surface area (TPSA) is 33.1 Å². The largest absolute Gasteiger partial charge is 0.433 e. The lowest BCUT2D eigenvalue weighted by molar-refractivity contribution is -0.141. The molecule has 0 aromatic carbocycles. The second kappa shape index (κ2) is 4.32. The highest BCUT2D eigenvalue weighted by molar-refractivity contribution is 5.30. The van der Waals surface area contributed by atoms with Gasteiger partial charge in [0.1, 0.15) is 17.5 Å². The minimum Gasteiger partial charge on any atom is -0.381 e. The molecule has 1 N–H and O–H groups in total. The van der Waals surface area contributed by atoms with Crippen LogP contribution < -0.4 is 0 Å². The van der Waals surface area contributed by atoms with E-state index in [1.165, 1.54) is 19.1 Å². The van der Waals surface area contributed by atoms with Crippen molar-refractivity contribution in [3.05, 3.63) is 29.6 Å². The summed E-state index contributed by atoms with van der Waals surface area (Å²) in [6.45, 7) is 1.42. The maximum atomic E-state index is 12.2. The molecule has 1 rings (SSSR count). The molecular weight excluding hydrogens is 207 g/mol. The van der Waals surface area contributed by atoms with Crippen molar-refractivity contribution in [2.75, 3.05) is 0 Å². The molecule has 0 saturated carbocycles. The van der Waals surface area contributed by atoms with Crippen molar-refractivity contribution in [2.45, 2.75) is 19.2 Å². The normalized spacial score (nSPS) is 12.9. The van der Waals surface area contributed by atoms with Crippen LogP contribution in [0.5, 0.6) is 0 Å². The molecule has 0 saturated heterocycles. The number of hydrogen-bond donors (Lipinski definition) is 1. The van der Waals surface area contributed by atoms with Crippen LogP contribution in [-0.4, -0.2) is 16.2 Å². The molecule has 0 fully saturated rings. The fraction of sp³-hybridized carbons (Fsp3) is 0.300. The molecule has 0 aliphatic rings. The predicted octanol–water partition coefficient (Wildman–Crippen LogP) is 1.83. The van der Waals surface area contributed by atoms with E-state index in [-0.39, 0.29) is 5.69 Å². The molecule has 0 spiro atoms. The van der Waals surface area contributed by atoms with Crippen molar-refractivity contribution in [3.63, 3.8) is 0 Å². The molecule has 1 aromatic rings. The zero-order valence-corrected chi connectivity index (χ0v) is 7.84. The number of halogens is 3. The van der Waals surface area contributed by atoms with E-state index in [2.05, 4.69) is 16.8 Å². The first-order valence-electron chi connectivity index (χ1n) is 4.13. The lowest BCUT2D eigenvalue weighted by Gasteiger charge is -2.04. The number of pyridine rings is 1. The smallest absolute Gasteiger partial charge is 0.381 e. The van der Waals surface area contributed by atoms with Crippen LogP contribution in [0.25, 0.3) is 0 Å². The Bertz CT molecular complexity index is 401. The maximum absolute atomic E-state index is 12.2. The van der Waals surface area contributed by atoms with Crippen molar-refractivity contribution >= 4 is 0 Å². The standard InChI is InChI=1S/C10H8F3NO/c1-7(15)5-6-8-3-2-4-9(14-8)10(11,12)13/h2-4,7,15H,1H3/t7-/m1/s1. The second-order valence-corrected chi connectivity index (χ2v) is 2.85. The SMILES string of the molecule is C[C@@H](O)C#Cc1cccc(C(F)(F)F)n1. The van der Waals surface area contributed by atoms with Gasteiger partial charge in [0.05, 0.1) is 0 Å². The fourth-order valence-corrected chi connectivity index (χ4v) is 0.841. The highest BCUT2D eigenvalue weighted by Gasteiger charge is 2.32. The summed E-state index contributed by atoms with van der Waals surface area (Å²) in [5, 5.41) is 8.82. The van der Waals surface area contributed by atoms with Crippen molar-refractivity contribution in [3.8, 4) is 11.8 Å². The molecule has 1 aromatic heterocycles. The van der Waals surface area contributed by atoms with Gasteiger partial charge in [-0.15, -0.1) is 0 Å². The Kier molecular flexibility index (Phi) is 3.32. The van der Waals surface area contributed by atoms with Crippen LogP contribution in [-0.2, 0) is 6.18 Å². The minimum absolute atomic E-state index is 0.00859. The lowest BCUT2D eigenvalue weighted by atomic mass is 10.3. The van der Waals surface area contributed by atoms with E-state index in [9.17, 15) is 13.2 Å². The molecule has 15 heavy (non-hydrogen) atoms. The summed E-state index contributed by atoms with van der Waals surface area (Å²) in [4.78, 5) is 3.31. The minimum atomic E-state index is -4.47. The van der Waals surface area contributed by atoms with Crippen LogP contribution >= 0.6 is 0 Å². The molecule has 0 aliphatic carbocycles. The van der Waals surface area contributed by atoms with Crippen LogP contribution in [0.4, 0.5) is 13.2 Å². The summed E-state index contributed by atoms with van der Waals surface area (Å²) in [6.07, 6.45) is -5.36. The molecule has 0 aliphatic heterocycles. The van der Waals surface area contributed by atoms with Gasteiger partial charge in [0.25, 0.3) is 0 Å². The first-order chi connectivity index (χ1) is 6.89. The fourth-order valence-electron chi connectivity index (χ4n) is 0.841. The quantitative estimate of drug-likeness (QED) is 0.670. The van der Waals surface area contributed by atoms with Gasteiger partial charge in [0.2, 0.25) is 0 Å². The highest BCUT2D eigenvalue weighted by atomic mass is 19.4. The van der Waals surface area contributed by atoms with Gasteiger partial charge in [-0.3, -0.25) is 0 Å². The highest BCUT2D eigenvalue weighted by Crippen LogP contribution is 2.27. The molecule has 80 valence electrons. The van der Waals surface area contributed by atoms with E-state index in [0.29, 0.717) is 0 Å². The van der Waals surface area contributed by atoms with Gasteiger partial charge in [-0.1, -0.05) is 12.0 Å². The summed E-state index contributed by atoms with van der Waals surface area (Å²) in [7, 11) is 0. The van der Waals surface area contributed by atoms with E-state index in [1.54, 1.807) is 0 Å². The van der Waals surface area contributed by atoms with Gasteiger partial charge in [0.15, 0.2) is 0 Å². The first kappa shape index (κ1) is 11.5. The van der Waals surface area contributed by atoms with Crippen molar-refractivity contribution in [1.29, 1.82) is 0 Å². The average Bonchev–Trinajstić information content (AvgIpc) is 2.14. The monoisotopic (exact) mass is 215 g/mol. The van der Waals surface area contributed by atoms with E-state index in [4.69, 9.17) is 5.11 Å². The number of nitrogens with zero attached hydrogens (tertiary/aromatic N) is 1. The summed E-state index contributed by atoms with van der Waals surface area (Å²) in [6, 6.07) is 3.44. The van der Waals surface area contributed by atoms with Gasteiger partial charge in [-0.05, 0) is 25.0 Å². The molecule has 0 bridgehead atoms. The van der Waals surface area contributed by atoms with Crippen LogP contribution in [0, 0.1) is 11.8 Å². The molecule has 5 heteroatoms. The summed E-state index contributed by atoms with van der Waals surface area (Å²) in [5.41, 5.74) is -0.995. The Labute approximate surface area is 84.8 Å². The molecule has 1 heterocycles. The predicted molar refractivity (Wildman–Crippen MR) is 47.8 cm³/mol. The second-order valence-electron chi connectivity index (χ2n) is 2.85. The number of rotatable bonds is 0. The summed E-state index contributed by atoms with van der Waals surface area (Å²) < 4.78 is 36.6. The van der Waals surface area contributed by atoms with Gasteiger partial charge in [-0.25, -0.2) is 4.98 Å².